The van der Waals surface area contributed by atoms with Crippen LogP contribution in [0.5, 0.6) is 0 Å². The Labute approximate surface area is 85.8 Å². The van der Waals surface area contributed by atoms with Gasteiger partial charge in [0.25, 0.3) is 0 Å². The third-order valence-corrected chi connectivity index (χ3v) is 2.41. The molecule has 0 aromatic carbocycles. The summed E-state index contributed by atoms with van der Waals surface area (Å²) in [4.78, 5) is 13.6. The van der Waals surface area contributed by atoms with E-state index in [4.69, 9.17) is 5.73 Å². The highest BCUT2D eigenvalue weighted by Crippen LogP contribution is 2.06. The lowest BCUT2D eigenvalue weighted by atomic mass is 10.3. The van der Waals surface area contributed by atoms with Crippen LogP contribution in [0.3, 0.4) is 0 Å². The fourth-order valence-electron chi connectivity index (χ4n) is 1.72. The Bertz CT molecular complexity index is 194. The Kier molecular flexibility index (Phi) is 4.35. The predicted molar refractivity (Wildman–Crippen MR) is 56.9 cm³/mol. The standard InChI is InChI=1S/C10H21N3O/c1-8(2)12-10(14)4-6-13-5-3-9(11)7-13/h8-9H,3-7,11H2,1-2H3,(H,12,14). The van der Waals surface area contributed by atoms with Crippen molar-refractivity contribution in [2.24, 2.45) is 5.73 Å². The SMILES string of the molecule is CC(C)NC(=O)CCN1CCC(N)C1. The van der Waals surface area contributed by atoms with Crippen molar-refractivity contribution < 1.29 is 4.79 Å². The van der Waals surface area contributed by atoms with Crippen molar-refractivity contribution in [3.63, 3.8) is 0 Å². The molecule has 0 bridgehead atoms. The summed E-state index contributed by atoms with van der Waals surface area (Å²) in [7, 11) is 0. The van der Waals surface area contributed by atoms with Gasteiger partial charge in [0.05, 0.1) is 0 Å². The summed E-state index contributed by atoms with van der Waals surface area (Å²) in [6.45, 7) is 6.77. The van der Waals surface area contributed by atoms with Crippen LogP contribution >= 0.6 is 0 Å². The van der Waals surface area contributed by atoms with E-state index in [0.29, 0.717) is 12.5 Å². The summed E-state index contributed by atoms with van der Waals surface area (Å²) in [6, 6.07) is 0.548. The topological polar surface area (TPSA) is 58.4 Å². The quantitative estimate of drug-likeness (QED) is 0.666. The minimum absolute atomic E-state index is 0.139. The van der Waals surface area contributed by atoms with Gasteiger partial charge in [-0.1, -0.05) is 0 Å². The lowest BCUT2D eigenvalue weighted by molar-refractivity contribution is -0.121. The van der Waals surface area contributed by atoms with Crippen molar-refractivity contribution in [3.8, 4) is 0 Å². The van der Waals surface area contributed by atoms with Gasteiger partial charge in [-0.05, 0) is 26.8 Å². The molecule has 3 N–H and O–H groups in total. The van der Waals surface area contributed by atoms with E-state index < -0.39 is 0 Å². The van der Waals surface area contributed by atoms with Crippen LogP contribution in [0.4, 0.5) is 0 Å². The molecule has 0 saturated carbocycles. The molecule has 14 heavy (non-hydrogen) atoms. The summed E-state index contributed by atoms with van der Waals surface area (Å²) in [5, 5.41) is 2.88. The molecule has 1 unspecified atom stereocenters. The number of nitrogens with one attached hydrogen (secondary N) is 1. The van der Waals surface area contributed by atoms with Crippen LogP contribution in [0, 0.1) is 0 Å². The van der Waals surface area contributed by atoms with Gasteiger partial charge in [0, 0.05) is 31.6 Å². The van der Waals surface area contributed by atoms with E-state index in [-0.39, 0.29) is 11.9 Å². The predicted octanol–water partition coefficient (Wildman–Crippen LogP) is -0.0659. The van der Waals surface area contributed by atoms with Crippen molar-refractivity contribution in [2.45, 2.75) is 38.8 Å². The van der Waals surface area contributed by atoms with Crippen molar-refractivity contribution in [1.29, 1.82) is 0 Å². The first kappa shape index (κ1) is 11.5. The third kappa shape index (κ3) is 4.07. The van der Waals surface area contributed by atoms with Crippen molar-refractivity contribution in [3.05, 3.63) is 0 Å². The number of carbonyl (C=O) groups excluding carboxylic acids is 1. The number of likely N-dealkylation sites (tertiary alicyclic amines) is 1. The maximum absolute atomic E-state index is 11.3. The van der Waals surface area contributed by atoms with Crippen LogP contribution in [0.15, 0.2) is 0 Å². The van der Waals surface area contributed by atoms with Gasteiger partial charge in [-0.15, -0.1) is 0 Å². The summed E-state index contributed by atoms with van der Waals surface area (Å²) in [5.41, 5.74) is 5.77. The Morgan fingerprint density at radius 2 is 2.36 bits per heavy atom. The number of hydrogen-bond acceptors (Lipinski definition) is 3. The number of hydrogen-bond donors (Lipinski definition) is 2. The molecule has 4 heteroatoms. The van der Waals surface area contributed by atoms with Gasteiger partial charge in [-0.3, -0.25) is 4.79 Å². The zero-order valence-corrected chi connectivity index (χ0v) is 9.12. The number of amides is 1. The summed E-state index contributed by atoms with van der Waals surface area (Å²) in [5.74, 6) is 0.139. The molecule has 4 nitrogen and oxygen atoms in total. The molecule has 0 aromatic heterocycles. The molecule has 1 amide bonds. The van der Waals surface area contributed by atoms with Crippen LogP contribution in [-0.4, -0.2) is 42.5 Å². The van der Waals surface area contributed by atoms with Crippen LogP contribution < -0.4 is 11.1 Å². The van der Waals surface area contributed by atoms with E-state index in [1.54, 1.807) is 0 Å². The van der Waals surface area contributed by atoms with E-state index in [9.17, 15) is 4.79 Å². The zero-order chi connectivity index (χ0) is 10.6. The fourth-order valence-corrected chi connectivity index (χ4v) is 1.72. The molecule has 1 saturated heterocycles. The second-order valence-corrected chi connectivity index (χ2v) is 4.32. The number of rotatable bonds is 4. The molecule has 1 aliphatic heterocycles. The fraction of sp³-hybridized carbons (Fsp3) is 0.900. The maximum atomic E-state index is 11.3. The molecule has 1 rings (SSSR count). The first-order valence-corrected chi connectivity index (χ1v) is 5.35. The van der Waals surface area contributed by atoms with Gasteiger partial charge in [-0.2, -0.15) is 0 Å². The lowest BCUT2D eigenvalue weighted by Gasteiger charge is -2.15. The van der Waals surface area contributed by atoms with E-state index >= 15 is 0 Å². The van der Waals surface area contributed by atoms with E-state index in [0.717, 1.165) is 26.1 Å². The Hall–Kier alpha value is -0.610. The minimum Gasteiger partial charge on any atom is -0.354 e. The molecule has 1 atom stereocenters. The molecule has 0 spiro atoms. The van der Waals surface area contributed by atoms with Crippen LogP contribution in [0.1, 0.15) is 26.7 Å². The summed E-state index contributed by atoms with van der Waals surface area (Å²) in [6.07, 6.45) is 1.65. The normalized spacial score (nSPS) is 23.0. The largest absolute Gasteiger partial charge is 0.354 e. The first-order chi connectivity index (χ1) is 6.58. The van der Waals surface area contributed by atoms with Gasteiger partial charge >= 0.3 is 0 Å². The Morgan fingerprint density at radius 1 is 1.64 bits per heavy atom. The Morgan fingerprint density at radius 3 is 2.86 bits per heavy atom. The maximum Gasteiger partial charge on any atom is 0.221 e. The molecular weight excluding hydrogens is 178 g/mol. The molecule has 0 aliphatic carbocycles. The highest BCUT2D eigenvalue weighted by molar-refractivity contribution is 5.76. The smallest absolute Gasteiger partial charge is 0.221 e. The van der Waals surface area contributed by atoms with Gasteiger partial charge < -0.3 is 16.0 Å². The van der Waals surface area contributed by atoms with Crippen LogP contribution in [-0.2, 0) is 4.79 Å². The molecule has 1 fully saturated rings. The molecule has 82 valence electrons. The van der Waals surface area contributed by atoms with Crippen LogP contribution in [0.2, 0.25) is 0 Å². The molecule has 0 radical (unpaired) electrons. The van der Waals surface area contributed by atoms with Crippen LogP contribution in [0.25, 0.3) is 0 Å². The minimum atomic E-state index is 0.139. The van der Waals surface area contributed by atoms with Gasteiger partial charge in [-0.25, -0.2) is 0 Å². The van der Waals surface area contributed by atoms with E-state index in [1.807, 2.05) is 13.8 Å². The first-order valence-electron chi connectivity index (χ1n) is 5.35. The van der Waals surface area contributed by atoms with Gasteiger partial charge in [0.2, 0.25) is 5.91 Å². The second-order valence-electron chi connectivity index (χ2n) is 4.32. The van der Waals surface area contributed by atoms with Crippen molar-refractivity contribution >= 4 is 5.91 Å². The highest BCUT2D eigenvalue weighted by atomic mass is 16.1. The van der Waals surface area contributed by atoms with E-state index in [2.05, 4.69) is 10.2 Å². The lowest BCUT2D eigenvalue weighted by Crippen LogP contribution is -2.34. The van der Waals surface area contributed by atoms with Crippen molar-refractivity contribution in [1.82, 2.24) is 10.2 Å². The average Bonchev–Trinajstić information content (AvgIpc) is 2.47. The molecule has 1 heterocycles. The number of carbonyl (C=O) groups is 1. The van der Waals surface area contributed by atoms with Crippen molar-refractivity contribution in [2.75, 3.05) is 19.6 Å². The average molecular weight is 199 g/mol. The van der Waals surface area contributed by atoms with E-state index in [1.165, 1.54) is 0 Å². The molecular formula is C10H21N3O. The Balaban J connectivity index is 2.11. The number of nitrogens with zero attached hydrogens (tertiary/aromatic N) is 1. The zero-order valence-electron chi connectivity index (χ0n) is 9.12. The monoisotopic (exact) mass is 199 g/mol. The second kappa shape index (κ2) is 5.32. The van der Waals surface area contributed by atoms with Gasteiger partial charge in [0.1, 0.15) is 0 Å². The highest BCUT2D eigenvalue weighted by Gasteiger charge is 2.19. The third-order valence-electron chi connectivity index (χ3n) is 2.41. The number of nitrogens with two attached hydrogens (primary N) is 1. The summed E-state index contributed by atoms with van der Waals surface area (Å²) < 4.78 is 0. The summed E-state index contributed by atoms with van der Waals surface area (Å²) >= 11 is 0. The molecule has 1 aliphatic rings. The molecule has 0 aromatic rings. The van der Waals surface area contributed by atoms with Gasteiger partial charge in [0.15, 0.2) is 0 Å².